The van der Waals surface area contributed by atoms with Crippen LogP contribution in [0, 0.1) is 0 Å². The van der Waals surface area contributed by atoms with Crippen LogP contribution in [-0.2, 0) is 6.54 Å². The number of carbonyl (C=O) groups excluding carboxylic acids is 1. The molecule has 2 aromatic rings. The topological polar surface area (TPSA) is 79.7 Å². The third kappa shape index (κ3) is 4.26. The van der Waals surface area contributed by atoms with Crippen molar-refractivity contribution < 1.29 is 14.3 Å². The first-order valence-corrected chi connectivity index (χ1v) is 9.34. The zero-order valence-electron chi connectivity index (χ0n) is 13.7. The quantitative estimate of drug-likeness (QED) is 0.839. The Kier molecular flexibility index (Phi) is 5.71. The van der Waals surface area contributed by atoms with Gasteiger partial charge in [0.25, 0.3) is 0 Å². The molecule has 0 aromatic carbocycles. The van der Waals surface area contributed by atoms with Gasteiger partial charge < -0.3 is 15.3 Å². The van der Waals surface area contributed by atoms with E-state index in [1.807, 2.05) is 17.5 Å². The Hall–Kier alpha value is -1.63. The highest BCUT2D eigenvalue weighted by Crippen LogP contribution is 2.28. The molecule has 24 heavy (non-hydrogen) atoms. The molecule has 3 rings (SSSR count). The van der Waals surface area contributed by atoms with Gasteiger partial charge in [0.2, 0.25) is 5.91 Å². The van der Waals surface area contributed by atoms with Crippen molar-refractivity contribution in [2.75, 3.05) is 6.54 Å². The lowest BCUT2D eigenvalue weighted by molar-refractivity contribution is 0.0835. The molecule has 3 heterocycles. The van der Waals surface area contributed by atoms with Crippen LogP contribution in [0.4, 0.5) is 0 Å². The van der Waals surface area contributed by atoms with Crippen LogP contribution in [-0.4, -0.2) is 28.5 Å². The van der Waals surface area contributed by atoms with Crippen molar-refractivity contribution in [3.05, 3.63) is 46.0 Å². The van der Waals surface area contributed by atoms with E-state index in [1.165, 1.54) is 19.3 Å². The lowest BCUT2D eigenvalue weighted by Crippen LogP contribution is -2.35. The second-order valence-corrected chi connectivity index (χ2v) is 7.40. The summed E-state index contributed by atoms with van der Waals surface area (Å²) in [5.41, 5.74) is 5.92. The molecule has 0 bridgehead atoms. The molecule has 3 N–H and O–H groups in total. The summed E-state index contributed by atoms with van der Waals surface area (Å²) in [6.45, 7) is 1.81. The third-order valence-electron chi connectivity index (χ3n) is 4.66. The molecule has 2 atom stereocenters. The molecule has 1 fully saturated rings. The van der Waals surface area contributed by atoms with Crippen LogP contribution in [0.15, 0.2) is 34.3 Å². The summed E-state index contributed by atoms with van der Waals surface area (Å²) in [4.78, 5) is 14.8. The molecule has 2 aromatic heterocycles. The van der Waals surface area contributed by atoms with Gasteiger partial charge in [-0.15, -0.1) is 11.3 Å². The molecule has 1 aliphatic heterocycles. The molecular formula is C18H24N2O3S. The van der Waals surface area contributed by atoms with E-state index in [2.05, 4.69) is 4.90 Å². The number of primary amides is 1. The van der Waals surface area contributed by atoms with Crippen LogP contribution in [0.2, 0.25) is 0 Å². The Bertz CT molecular complexity index is 653. The fourth-order valence-electron chi connectivity index (χ4n) is 3.36. The Morgan fingerprint density at radius 1 is 1.46 bits per heavy atom. The van der Waals surface area contributed by atoms with Crippen molar-refractivity contribution in [2.24, 2.45) is 5.73 Å². The average molecular weight is 348 g/mol. The maximum absolute atomic E-state index is 11.3. The summed E-state index contributed by atoms with van der Waals surface area (Å²) in [6, 6.07) is 5.83. The van der Waals surface area contributed by atoms with Gasteiger partial charge in [0.15, 0.2) is 0 Å². The minimum atomic E-state index is -0.574. The van der Waals surface area contributed by atoms with Gasteiger partial charge in [-0.3, -0.25) is 9.69 Å². The standard InChI is InChI=1S/C18H24N2O3S/c19-18(22)13-9-15(24-12-13)11-20-7-3-1-2-5-14(20)10-16(21)17-6-4-8-23-17/h4,6,8-9,12,14,16,21H,1-3,5,7,10-11H2,(H2,19,22)/t14-,16-/m1/s1. The number of likely N-dealkylation sites (tertiary alicyclic amines) is 1. The average Bonchev–Trinajstić information content (AvgIpc) is 3.20. The number of rotatable bonds is 6. The number of carbonyl (C=O) groups is 1. The maximum atomic E-state index is 11.3. The molecule has 130 valence electrons. The van der Waals surface area contributed by atoms with Crippen LogP contribution in [0.5, 0.6) is 0 Å². The molecule has 1 amide bonds. The van der Waals surface area contributed by atoms with Gasteiger partial charge in [-0.2, -0.15) is 0 Å². The highest BCUT2D eigenvalue weighted by Gasteiger charge is 2.25. The van der Waals surface area contributed by atoms with Gasteiger partial charge in [-0.1, -0.05) is 12.8 Å². The molecule has 5 nitrogen and oxygen atoms in total. The van der Waals surface area contributed by atoms with E-state index in [0.717, 1.165) is 24.4 Å². The number of amides is 1. The van der Waals surface area contributed by atoms with Crippen LogP contribution in [0.3, 0.4) is 0 Å². The number of hydrogen-bond acceptors (Lipinski definition) is 5. The maximum Gasteiger partial charge on any atom is 0.249 e. The molecule has 1 saturated heterocycles. The Morgan fingerprint density at radius 3 is 3.04 bits per heavy atom. The summed E-state index contributed by atoms with van der Waals surface area (Å²) in [7, 11) is 0. The van der Waals surface area contributed by atoms with Crippen LogP contribution in [0.25, 0.3) is 0 Å². The van der Waals surface area contributed by atoms with Gasteiger partial charge in [-0.05, 0) is 44.0 Å². The molecular weight excluding hydrogens is 324 g/mol. The van der Waals surface area contributed by atoms with Gasteiger partial charge in [0.05, 0.1) is 11.8 Å². The predicted molar refractivity (Wildman–Crippen MR) is 93.8 cm³/mol. The van der Waals surface area contributed by atoms with E-state index in [4.69, 9.17) is 10.2 Å². The second kappa shape index (κ2) is 7.96. The first-order valence-electron chi connectivity index (χ1n) is 8.46. The summed E-state index contributed by atoms with van der Waals surface area (Å²) in [5.74, 6) is 0.254. The van der Waals surface area contributed by atoms with E-state index >= 15 is 0 Å². The summed E-state index contributed by atoms with van der Waals surface area (Å²) in [6.07, 6.45) is 6.34. The lowest BCUT2D eigenvalue weighted by atomic mass is 10.0. The van der Waals surface area contributed by atoms with Crippen LogP contribution in [0.1, 0.15) is 59.2 Å². The number of aliphatic hydroxyl groups is 1. The molecule has 0 aliphatic carbocycles. The van der Waals surface area contributed by atoms with Crippen molar-refractivity contribution in [3.8, 4) is 0 Å². The molecule has 6 heteroatoms. The SMILES string of the molecule is NC(=O)c1csc(CN2CCCCC[C@@H]2C[C@@H](O)c2ccco2)c1. The van der Waals surface area contributed by atoms with Crippen LogP contribution >= 0.6 is 11.3 Å². The first kappa shape index (κ1) is 17.2. The van der Waals surface area contributed by atoms with E-state index in [-0.39, 0.29) is 5.91 Å². The van der Waals surface area contributed by atoms with Crippen molar-refractivity contribution in [3.63, 3.8) is 0 Å². The third-order valence-corrected chi connectivity index (χ3v) is 5.58. The Morgan fingerprint density at radius 2 is 2.33 bits per heavy atom. The van der Waals surface area contributed by atoms with Gasteiger partial charge in [0, 0.05) is 22.8 Å². The largest absolute Gasteiger partial charge is 0.467 e. The number of nitrogens with zero attached hydrogens (tertiary/aromatic N) is 1. The molecule has 0 unspecified atom stereocenters. The fourth-order valence-corrected chi connectivity index (χ4v) is 4.26. The first-order chi connectivity index (χ1) is 11.6. The Labute approximate surface area is 146 Å². The number of thiophene rings is 1. The van der Waals surface area contributed by atoms with Crippen molar-refractivity contribution >= 4 is 17.2 Å². The number of hydrogen-bond donors (Lipinski definition) is 2. The molecule has 0 spiro atoms. The van der Waals surface area contributed by atoms with Crippen LogP contribution < -0.4 is 5.73 Å². The van der Waals surface area contributed by atoms with Gasteiger partial charge in [0.1, 0.15) is 11.9 Å². The summed E-state index contributed by atoms with van der Waals surface area (Å²) >= 11 is 1.57. The number of nitrogens with two attached hydrogens (primary N) is 1. The zero-order chi connectivity index (χ0) is 16.9. The normalized spacial score (nSPS) is 20.6. The number of furan rings is 1. The summed E-state index contributed by atoms with van der Waals surface area (Å²) < 4.78 is 5.33. The van der Waals surface area contributed by atoms with Crippen molar-refractivity contribution in [1.82, 2.24) is 4.90 Å². The second-order valence-electron chi connectivity index (χ2n) is 6.41. The van der Waals surface area contributed by atoms with E-state index < -0.39 is 6.10 Å². The molecule has 1 aliphatic rings. The van der Waals surface area contributed by atoms with Gasteiger partial charge >= 0.3 is 0 Å². The highest BCUT2D eigenvalue weighted by molar-refractivity contribution is 7.10. The summed E-state index contributed by atoms with van der Waals surface area (Å²) in [5, 5.41) is 12.3. The fraction of sp³-hybridized carbons (Fsp3) is 0.500. The van der Waals surface area contributed by atoms with Gasteiger partial charge in [-0.25, -0.2) is 0 Å². The smallest absolute Gasteiger partial charge is 0.249 e. The molecule has 0 radical (unpaired) electrons. The van der Waals surface area contributed by atoms with E-state index in [0.29, 0.717) is 23.8 Å². The lowest BCUT2D eigenvalue weighted by Gasteiger charge is -2.30. The number of aliphatic hydroxyl groups excluding tert-OH is 1. The zero-order valence-corrected chi connectivity index (χ0v) is 14.5. The van der Waals surface area contributed by atoms with Crippen molar-refractivity contribution in [1.29, 1.82) is 0 Å². The predicted octanol–water partition coefficient (Wildman–Crippen LogP) is 3.31. The minimum absolute atomic E-state index is 0.312. The monoisotopic (exact) mass is 348 g/mol. The Balaban J connectivity index is 1.68. The molecule has 0 saturated carbocycles. The van der Waals surface area contributed by atoms with E-state index in [1.54, 1.807) is 23.7 Å². The minimum Gasteiger partial charge on any atom is -0.467 e. The van der Waals surface area contributed by atoms with Crippen molar-refractivity contribution in [2.45, 2.75) is 50.8 Å². The highest BCUT2D eigenvalue weighted by atomic mass is 32.1. The van der Waals surface area contributed by atoms with E-state index in [9.17, 15) is 9.90 Å².